The summed E-state index contributed by atoms with van der Waals surface area (Å²) < 4.78 is 5.98. The normalized spacial score (nSPS) is 11.6. The Morgan fingerprint density at radius 1 is 1.65 bits per heavy atom. The zero-order chi connectivity index (χ0) is 12.8. The van der Waals surface area contributed by atoms with Gasteiger partial charge in [0, 0.05) is 12.6 Å². The Morgan fingerprint density at radius 3 is 2.94 bits per heavy atom. The van der Waals surface area contributed by atoms with E-state index in [9.17, 15) is 9.59 Å². The molecule has 0 bridgehead atoms. The molecule has 0 radical (unpaired) electrons. The molecule has 1 atom stereocenters. The molecule has 0 aromatic carbocycles. The molecule has 6 nitrogen and oxygen atoms in total. The summed E-state index contributed by atoms with van der Waals surface area (Å²) in [5, 5.41) is 12.4. The summed E-state index contributed by atoms with van der Waals surface area (Å²) in [5.41, 5.74) is -0.239. The van der Waals surface area contributed by atoms with E-state index >= 15 is 0 Å². The molecule has 0 saturated heterocycles. The molecule has 0 N–H and O–H groups in total. The van der Waals surface area contributed by atoms with Crippen molar-refractivity contribution >= 4 is 5.97 Å². The zero-order valence-corrected chi connectivity index (χ0v) is 9.71. The van der Waals surface area contributed by atoms with E-state index in [1.807, 2.05) is 6.92 Å². The molecule has 0 spiro atoms. The number of esters is 1. The van der Waals surface area contributed by atoms with Crippen LogP contribution in [0.3, 0.4) is 0 Å². The highest BCUT2D eigenvalue weighted by atomic mass is 16.5. The van der Waals surface area contributed by atoms with E-state index in [4.69, 9.17) is 10.00 Å². The minimum atomic E-state index is -0.837. The zero-order valence-electron chi connectivity index (χ0n) is 9.71. The van der Waals surface area contributed by atoms with Crippen molar-refractivity contribution in [3.63, 3.8) is 0 Å². The van der Waals surface area contributed by atoms with Crippen LogP contribution in [0.1, 0.15) is 30.8 Å². The second kappa shape index (κ2) is 5.80. The summed E-state index contributed by atoms with van der Waals surface area (Å²) in [4.78, 5) is 22.9. The minimum Gasteiger partial charge on any atom is -0.442 e. The number of carbonyl (C=O) groups is 1. The molecule has 0 aliphatic carbocycles. The largest absolute Gasteiger partial charge is 0.442 e. The number of nitrogens with zero attached hydrogens (tertiary/aromatic N) is 3. The maximum absolute atomic E-state index is 11.5. The van der Waals surface area contributed by atoms with Crippen LogP contribution in [0.4, 0.5) is 0 Å². The maximum Gasteiger partial charge on any atom is 0.360 e. The highest BCUT2D eigenvalue weighted by Gasteiger charge is 2.13. The minimum absolute atomic E-state index is 0.0279. The number of aryl methyl sites for hydroxylation is 1. The molecule has 0 saturated carbocycles. The van der Waals surface area contributed by atoms with Crippen LogP contribution in [0, 0.1) is 11.3 Å². The molecule has 1 unspecified atom stereocenters. The van der Waals surface area contributed by atoms with Crippen molar-refractivity contribution in [3.05, 3.63) is 28.2 Å². The highest BCUT2D eigenvalue weighted by molar-refractivity contribution is 5.87. The predicted octanol–water partition coefficient (Wildman–Crippen LogP) is 0.722. The molecule has 90 valence electrons. The van der Waals surface area contributed by atoms with Gasteiger partial charge in [0.15, 0.2) is 11.8 Å². The number of hydrogen-bond donors (Lipinski definition) is 0. The maximum atomic E-state index is 11.5. The van der Waals surface area contributed by atoms with Crippen molar-refractivity contribution in [2.24, 2.45) is 0 Å². The average molecular weight is 235 g/mol. The number of ether oxygens (including phenoxy) is 1. The van der Waals surface area contributed by atoms with Crippen LogP contribution >= 0.6 is 0 Å². The third-order valence-electron chi connectivity index (χ3n) is 1.98. The number of carbonyl (C=O) groups excluding carboxylic acids is 1. The van der Waals surface area contributed by atoms with Crippen LogP contribution in [0.15, 0.2) is 16.9 Å². The molecule has 1 heterocycles. The highest BCUT2D eigenvalue weighted by Crippen LogP contribution is 1.99. The average Bonchev–Trinajstić information content (AvgIpc) is 2.32. The first-order valence-corrected chi connectivity index (χ1v) is 5.27. The van der Waals surface area contributed by atoms with Crippen molar-refractivity contribution in [2.45, 2.75) is 32.9 Å². The summed E-state index contributed by atoms with van der Waals surface area (Å²) in [6, 6.07) is 4.33. The molecule has 1 aromatic rings. The third kappa shape index (κ3) is 3.41. The molecule has 1 rings (SSSR count). The van der Waals surface area contributed by atoms with Gasteiger partial charge in [0.1, 0.15) is 6.07 Å². The van der Waals surface area contributed by atoms with E-state index in [0.29, 0.717) is 6.54 Å². The van der Waals surface area contributed by atoms with Gasteiger partial charge in [-0.25, -0.2) is 9.48 Å². The fourth-order valence-corrected chi connectivity index (χ4v) is 1.18. The summed E-state index contributed by atoms with van der Waals surface area (Å²) in [5.74, 6) is -0.705. The molecule has 6 heteroatoms. The second-order valence-electron chi connectivity index (χ2n) is 3.46. The van der Waals surface area contributed by atoms with Crippen LogP contribution in [-0.2, 0) is 11.3 Å². The first kappa shape index (κ1) is 12.9. The van der Waals surface area contributed by atoms with E-state index in [1.54, 1.807) is 6.07 Å². The topological polar surface area (TPSA) is 85.0 Å². The van der Waals surface area contributed by atoms with E-state index < -0.39 is 12.1 Å². The predicted molar refractivity (Wildman–Crippen MR) is 59.3 cm³/mol. The van der Waals surface area contributed by atoms with Crippen molar-refractivity contribution in [1.29, 1.82) is 5.26 Å². The third-order valence-corrected chi connectivity index (χ3v) is 1.98. The molecular weight excluding hydrogens is 222 g/mol. The summed E-state index contributed by atoms with van der Waals surface area (Å²) in [7, 11) is 0. The van der Waals surface area contributed by atoms with Crippen molar-refractivity contribution < 1.29 is 9.53 Å². The van der Waals surface area contributed by atoms with Crippen LogP contribution in [0.2, 0.25) is 0 Å². The Hall–Kier alpha value is -2.16. The fourth-order valence-electron chi connectivity index (χ4n) is 1.18. The van der Waals surface area contributed by atoms with Crippen molar-refractivity contribution in [1.82, 2.24) is 9.78 Å². The Balaban J connectivity index is 2.92. The first-order valence-electron chi connectivity index (χ1n) is 5.27. The number of aromatic nitrogens is 2. The van der Waals surface area contributed by atoms with Gasteiger partial charge in [-0.1, -0.05) is 6.92 Å². The molecular formula is C11H13N3O3. The Labute approximate surface area is 98.4 Å². The lowest BCUT2D eigenvalue weighted by molar-refractivity contribution is 0.0425. The first-order chi connectivity index (χ1) is 8.08. The lowest BCUT2D eigenvalue weighted by atomic mass is 10.3. The van der Waals surface area contributed by atoms with Gasteiger partial charge in [-0.2, -0.15) is 10.4 Å². The van der Waals surface area contributed by atoms with E-state index in [0.717, 1.165) is 6.42 Å². The number of nitriles is 1. The summed E-state index contributed by atoms with van der Waals surface area (Å²) >= 11 is 0. The molecule has 0 aliphatic rings. The lowest BCUT2D eigenvalue weighted by Crippen LogP contribution is -2.25. The standard InChI is InChI=1S/C11H13N3O3/c1-3-6-14-10(15)5-4-9(13-14)11(16)17-8(2)7-12/h4-5,8H,3,6H2,1-2H3. The van der Waals surface area contributed by atoms with Crippen LogP contribution in [0.5, 0.6) is 0 Å². The fraction of sp³-hybridized carbons (Fsp3) is 0.455. The summed E-state index contributed by atoms with van der Waals surface area (Å²) in [6.45, 7) is 3.80. The SMILES string of the molecule is CCCn1nc(C(=O)OC(C)C#N)ccc1=O. The Morgan fingerprint density at radius 2 is 2.35 bits per heavy atom. The van der Waals surface area contributed by atoms with Crippen LogP contribution in [-0.4, -0.2) is 21.9 Å². The molecule has 0 fully saturated rings. The number of hydrogen-bond acceptors (Lipinski definition) is 5. The molecule has 17 heavy (non-hydrogen) atoms. The van der Waals surface area contributed by atoms with E-state index in [1.165, 1.54) is 23.7 Å². The molecule has 1 aromatic heterocycles. The van der Waals surface area contributed by atoms with Crippen LogP contribution in [0.25, 0.3) is 0 Å². The van der Waals surface area contributed by atoms with Crippen LogP contribution < -0.4 is 5.56 Å². The Kier molecular flexibility index (Phi) is 4.40. The second-order valence-corrected chi connectivity index (χ2v) is 3.46. The van der Waals surface area contributed by atoms with Gasteiger partial charge in [0.05, 0.1) is 0 Å². The lowest BCUT2D eigenvalue weighted by Gasteiger charge is -2.07. The van der Waals surface area contributed by atoms with Gasteiger partial charge >= 0.3 is 5.97 Å². The quantitative estimate of drug-likeness (QED) is 0.718. The number of rotatable bonds is 4. The summed E-state index contributed by atoms with van der Waals surface area (Å²) in [6.07, 6.45) is -0.101. The van der Waals surface area contributed by atoms with Gasteiger partial charge in [-0.05, 0) is 19.4 Å². The van der Waals surface area contributed by atoms with Gasteiger partial charge in [-0.15, -0.1) is 0 Å². The van der Waals surface area contributed by atoms with E-state index in [-0.39, 0.29) is 11.3 Å². The smallest absolute Gasteiger partial charge is 0.360 e. The van der Waals surface area contributed by atoms with Crippen molar-refractivity contribution in [2.75, 3.05) is 0 Å². The molecule has 0 aliphatic heterocycles. The van der Waals surface area contributed by atoms with Gasteiger partial charge < -0.3 is 4.74 Å². The van der Waals surface area contributed by atoms with Gasteiger partial charge in [-0.3, -0.25) is 4.79 Å². The van der Waals surface area contributed by atoms with Gasteiger partial charge in [0.25, 0.3) is 5.56 Å². The van der Waals surface area contributed by atoms with Gasteiger partial charge in [0.2, 0.25) is 0 Å². The van der Waals surface area contributed by atoms with E-state index in [2.05, 4.69) is 5.10 Å². The monoisotopic (exact) mass is 235 g/mol. The molecule has 0 amide bonds. The Bertz CT molecular complexity index is 501. The van der Waals surface area contributed by atoms with Crippen molar-refractivity contribution in [3.8, 4) is 6.07 Å².